The zero-order valence-electron chi connectivity index (χ0n) is 9.26. The summed E-state index contributed by atoms with van der Waals surface area (Å²) in [5.41, 5.74) is 0. The van der Waals surface area contributed by atoms with E-state index in [1.807, 2.05) is 0 Å². The van der Waals surface area contributed by atoms with Crippen LogP contribution in [0.25, 0.3) is 0 Å². The highest BCUT2D eigenvalue weighted by Crippen LogP contribution is 2.35. The van der Waals surface area contributed by atoms with Crippen LogP contribution >= 0.6 is 0 Å². The van der Waals surface area contributed by atoms with Gasteiger partial charge in [0.25, 0.3) is 0 Å². The Labute approximate surface area is 83.4 Å². The van der Waals surface area contributed by atoms with E-state index in [1.54, 1.807) is 0 Å². The molecule has 13 heavy (non-hydrogen) atoms. The zero-order chi connectivity index (χ0) is 9.68. The third-order valence-corrected chi connectivity index (χ3v) is 3.55. The highest BCUT2D eigenvalue weighted by atomic mass is 14.3. The highest BCUT2D eigenvalue weighted by Gasteiger charge is 2.24. The van der Waals surface area contributed by atoms with E-state index in [9.17, 15) is 0 Å². The molecule has 0 saturated heterocycles. The van der Waals surface area contributed by atoms with Crippen molar-refractivity contribution in [3.8, 4) is 0 Å². The summed E-state index contributed by atoms with van der Waals surface area (Å²) < 4.78 is 0. The molecular weight excluding hydrogens is 156 g/mol. The third kappa shape index (κ3) is 3.17. The Morgan fingerprint density at radius 1 is 1.23 bits per heavy atom. The fraction of sp³-hybridized carbons (Fsp3) is 0.846. The molecule has 1 aliphatic rings. The SMILES string of the molecule is C=CCC(C(C)C)C1CCCCC1. The van der Waals surface area contributed by atoms with Gasteiger partial charge in [0, 0.05) is 0 Å². The Balaban J connectivity index is 2.46. The van der Waals surface area contributed by atoms with Crippen molar-refractivity contribution >= 4 is 0 Å². The van der Waals surface area contributed by atoms with Crippen LogP contribution in [0.1, 0.15) is 52.4 Å². The minimum absolute atomic E-state index is 0.834. The fourth-order valence-corrected chi connectivity index (χ4v) is 2.76. The quantitative estimate of drug-likeness (QED) is 0.562. The topological polar surface area (TPSA) is 0 Å². The van der Waals surface area contributed by atoms with Crippen LogP contribution in [0.5, 0.6) is 0 Å². The third-order valence-electron chi connectivity index (χ3n) is 3.55. The van der Waals surface area contributed by atoms with Crippen LogP contribution in [0, 0.1) is 17.8 Å². The minimum Gasteiger partial charge on any atom is -0.103 e. The molecule has 0 aromatic carbocycles. The Kier molecular flexibility index (Phi) is 4.55. The van der Waals surface area contributed by atoms with Crippen LogP contribution in [0.15, 0.2) is 12.7 Å². The molecule has 1 saturated carbocycles. The van der Waals surface area contributed by atoms with Crippen molar-refractivity contribution in [1.82, 2.24) is 0 Å². The molecule has 0 N–H and O–H groups in total. The molecule has 0 bridgehead atoms. The maximum atomic E-state index is 3.88. The van der Waals surface area contributed by atoms with Crippen molar-refractivity contribution in [2.75, 3.05) is 0 Å². The van der Waals surface area contributed by atoms with Gasteiger partial charge >= 0.3 is 0 Å². The summed E-state index contributed by atoms with van der Waals surface area (Å²) in [6.07, 6.45) is 10.7. The van der Waals surface area contributed by atoms with Gasteiger partial charge in [0.15, 0.2) is 0 Å². The van der Waals surface area contributed by atoms with Crippen molar-refractivity contribution in [3.63, 3.8) is 0 Å². The first-order valence-corrected chi connectivity index (χ1v) is 5.86. The largest absolute Gasteiger partial charge is 0.103 e. The molecule has 1 unspecified atom stereocenters. The molecule has 0 heterocycles. The van der Waals surface area contributed by atoms with Crippen LogP contribution in [0.2, 0.25) is 0 Å². The monoisotopic (exact) mass is 180 g/mol. The Hall–Kier alpha value is -0.260. The number of hydrogen-bond donors (Lipinski definition) is 0. The van der Waals surface area contributed by atoms with Gasteiger partial charge in [-0.25, -0.2) is 0 Å². The van der Waals surface area contributed by atoms with Crippen LogP contribution in [0.3, 0.4) is 0 Å². The second-order valence-electron chi connectivity index (χ2n) is 4.83. The summed E-state index contributed by atoms with van der Waals surface area (Å²) in [4.78, 5) is 0. The van der Waals surface area contributed by atoms with E-state index in [1.165, 1.54) is 38.5 Å². The minimum atomic E-state index is 0.834. The van der Waals surface area contributed by atoms with Gasteiger partial charge in [0.1, 0.15) is 0 Å². The second-order valence-corrected chi connectivity index (χ2v) is 4.83. The predicted octanol–water partition coefficient (Wildman–Crippen LogP) is 4.42. The summed E-state index contributed by atoms with van der Waals surface area (Å²) in [6.45, 7) is 8.61. The van der Waals surface area contributed by atoms with Gasteiger partial charge in [-0.1, -0.05) is 52.0 Å². The molecule has 0 aromatic heterocycles. The van der Waals surface area contributed by atoms with Crippen molar-refractivity contribution in [3.05, 3.63) is 12.7 Å². The molecule has 1 aliphatic carbocycles. The molecule has 0 aliphatic heterocycles. The molecule has 1 fully saturated rings. The van der Waals surface area contributed by atoms with Gasteiger partial charge < -0.3 is 0 Å². The first-order valence-electron chi connectivity index (χ1n) is 5.86. The lowest BCUT2D eigenvalue weighted by molar-refractivity contribution is 0.198. The second kappa shape index (κ2) is 5.47. The van der Waals surface area contributed by atoms with Crippen LogP contribution in [0.4, 0.5) is 0 Å². The number of allylic oxidation sites excluding steroid dienone is 1. The molecule has 0 spiro atoms. The number of hydrogen-bond acceptors (Lipinski definition) is 0. The smallest absolute Gasteiger partial charge is 0.0320 e. The van der Waals surface area contributed by atoms with Gasteiger partial charge in [0.2, 0.25) is 0 Å². The average Bonchev–Trinajstić information content (AvgIpc) is 2.15. The first kappa shape index (κ1) is 10.8. The first-order chi connectivity index (χ1) is 6.25. The van der Waals surface area contributed by atoms with Crippen molar-refractivity contribution in [2.45, 2.75) is 52.4 Å². The predicted molar refractivity (Wildman–Crippen MR) is 59.7 cm³/mol. The molecule has 0 radical (unpaired) electrons. The van der Waals surface area contributed by atoms with Crippen LogP contribution < -0.4 is 0 Å². The lowest BCUT2D eigenvalue weighted by atomic mass is 9.74. The zero-order valence-corrected chi connectivity index (χ0v) is 9.26. The van der Waals surface area contributed by atoms with Gasteiger partial charge in [-0.3, -0.25) is 0 Å². The van der Waals surface area contributed by atoms with E-state index in [-0.39, 0.29) is 0 Å². The van der Waals surface area contributed by atoms with E-state index in [2.05, 4.69) is 26.5 Å². The van der Waals surface area contributed by atoms with Gasteiger partial charge in [-0.15, -0.1) is 6.58 Å². The van der Waals surface area contributed by atoms with Gasteiger partial charge in [-0.05, 0) is 24.2 Å². The molecule has 0 amide bonds. The summed E-state index contributed by atoms with van der Waals surface area (Å²) in [6, 6.07) is 0. The van der Waals surface area contributed by atoms with E-state index in [0.717, 1.165) is 17.8 Å². The summed E-state index contributed by atoms with van der Waals surface area (Å²) >= 11 is 0. The van der Waals surface area contributed by atoms with E-state index in [0.29, 0.717) is 0 Å². The summed E-state index contributed by atoms with van der Waals surface area (Å²) in [5.74, 6) is 2.73. The molecule has 76 valence electrons. The molecule has 0 heteroatoms. The fourth-order valence-electron chi connectivity index (χ4n) is 2.76. The van der Waals surface area contributed by atoms with E-state index < -0.39 is 0 Å². The normalized spacial score (nSPS) is 21.8. The molecule has 0 aromatic rings. The van der Waals surface area contributed by atoms with Crippen LogP contribution in [-0.4, -0.2) is 0 Å². The van der Waals surface area contributed by atoms with E-state index >= 15 is 0 Å². The van der Waals surface area contributed by atoms with Gasteiger partial charge in [-0.2, -0.15) is 0 Å². The lowest BCUT2D eigenvalue weighted by Crippen LogP contribution is -2.22. The van der Waals surface area contributed by atoms with Crippen molar-refractivity contribution in [1.29, 1.82) is 0 Å². The summed E-state index contributed by atoms with van der Waals surface area (Å²) in [5, 5.41) is 0. The molecule has 1 atom stereocenters. The summed E-state index contributed by atoms with van der Waals surface area (Å²) in [7, 11) is 0. The maximum Gasteiger partial charge on any atom is -0.0320 e. The van der Waals surface area contributed by atoms with E-state index in [4.69, 9.17) is 0 Å². The Bertz CT molecular complexity index is 140. The van der Waals surface area contributed by atoms with Crippen LogP contribution in [-0.2, 0) is 0 Å². The van der Waals surface area contributed by atoms with Crippen molar-refractivity contribution < 1.29 is 0 Å². The maximum absolute atomic E-state index is 3.88. The lowest BCUT2D eigenvalue weighted by Gasteiger charge is -2.32. The molecule has 1 rings (SSSR count). The van der Waals surface area contributed by atoms with Gasteiger partial charge in [0.05, 0.1) is 0 Å². The Morgan fingerprint density at radius 3 is 2.31 bits per heavy atom. The molecule has 0 nitrogen and oxygen atoms in total. The number of rotatable bonds is 4. The average molecular weight is 180 g/mol. The highest BCUT2D eigenvalue weighted by molar-refractivity contribution is 4.82. The van der Waals surface area contributed by atoms with Crippen molar-refractivity contribution in [2.24, 2.45) is 17.8 Å². The molecular formula is C13H24. The Morgan fingerprint density at radius 2 is 1.85 bits per heavy atom. The standard InChI is InChI=1S/C13H24/c1-4-8-13(11(2)3)12-9-6-5-7-10-12/h4,11-13H,1,5-10H2,2-3H3.